The second-order valence-corrected chi connectivity index (χ2v) is 4.12. The molecule has 0 aliphatic carbocycles. The van der Waals surface area contributed by atoms with Crippen LogP contribution in [0.25, 0.3) is 0 Å². The Kier molecular flexibility index (Phi) is 3.47. The molecule has 0 unspecified atom stereocenters. The van der Waals surface area contributed by atoms with Gasteiger partial charge in [0.05, 0.1) is 7.11 Å². The summed E-state index contributed by atoms with van der Waals surface area (Å²) in [6.45, 7) is 3.74. The minimum Gasteiger partial charge on any atom is -1.00 e. The molecule has 0 spiro atoms. The molecule has 2 heterocycles. The summed E-state index contributed by atoms with van der Waals surface area (Å²) >= 11 is 0. The van der Waals surface area contributed by atoms with Gasteiger partial charge in [-0.15, -0.1) is 0 Å². The van der Waals surface area contributed by atoms with E-state index in [0.29, 0.717) is 11.4 Å². The number of ether oxygens (including phenoxy) is 2. The molecule has 16 heavy (non-hydrogen) atoms. The summed E-state index contributed by atoms with van der Waals surface area (Å²) in [5, 5.41) is 0. The largest absolute Gasteiger partial charge is 1.00 e. The van der Waals surface area contributed by atoms with E-state index >= 15 is 0 Å². The van der Waals surface area contributed by atoms with Crippen LogP contribution in [0.5, 0.6) is 5.88 Å². The van der Waals surface area contributed by atoms with Crippen LogP contribution in [0, 0.1) is 0 Å². The van der Waals surface area contributed by atoms with Crippen LogP contribution < -0.4 is 33.3 Å². The third-order valence-electron chi connectivity index (χ3n) is 2.66. The quantitative estimate of drug-likeness (QED) is 0.336. The van der Waals surface area contributed by atoms with Crippen LogP contribution in [0.3, 0.4) is 0 Å². The fraction of sp³-hybridized carbons (Fsp3) is 0.455. The number of carbonyl (C=O) groups is 1. The van der Waals surface area contributed by atoms with Crippen molar-refractivity contribution < 1.29 is 42.8 Å². The van der Waals surface area contributed by atoms with Crippen LogP contribution in [-0.4, -0.2) is 13.1 Å². The molecular formula is C11H14INO3. The first-order chi connectivity index (χ1) is 6.97. The Bertz CT molecular complexity index is 443. The third-order valence-corrected chi connectivity index (χ3v) is 2.66. The van der Waals surface area contributed by atoms with Crippen LogP contribution in [0.2, 0.25) is 0 Å². The summed E-state index contributed by atoms with van der Waals surface area (Å²) in [7, 11) is 3.38. The number of fused-ring (bicyclic) bond motifs is 1. The Morgan fingerprint density at radius 3 is 2.62 bits per heavy atom. The Morgan fingerprint density at radius 2 is 2.06 bits per heavy atom. The van der Waals surface area contributed by atoms with Crippen molar-refractivity contribution in [3.8, 4) is 5.88 Å². The van der Waals surface area contributed by atoms with Gasteiger partial charge in [-0.1, -0.05) is 0 Å². The smallest absolute Gasteiger partial charge is 0.382 e. The molecule has 1 aliphatic rings. The molecule has 2 rings (SSSR count). The third kappa shape index (κ3) is 1.77. The van der Waals surface area contributed by atoms with E-state index in [2.05, 4.69) is 0 Å². The molecule has 88 valence electrons. The van der Waals surface area contributed by atoms with Crippen molar-refractivity contribution in [2.75, 3.05) is 7.11 Å². The van der Waals surface area contributed by atoms with Gasteiger partial charge >= 0.3 is 11.8 Å². The van der Waals surface area contributed by atoms with Gasteiger partial charge in [-0.2, -0.15) is 4.57 Å². The van der Waals surface area contributed by atoms with Gasteiger partial charge in [-0.3, -0.25) is 0 Å². The van der Waals surface area contributed by atoms with Crippen LogP contribution >= 0.6 is 0 Å². The fourth-order valence-electron chi connectivity index (χ4n) is 1.91. The van der Waals surface area contributed by atoms with Crippen molar-refractivity contribution in [3.63, 3.8) is 0 Å². The number of carbonyl (C=O) groups excluding carboxylic acids is 1. The summed E-state index contributed by atoms with van der Waals surface area (Å²) in [4.78, 5) is 11.7. The molecule has 0 aromatic carbocycles. The molecule has 4 nitrogen and oxygen atoms in total. The fourth-order valence-corrected chi connectivity index (χ4v) is 1.91. The van der Waals surface area contributed by atoms with Gasteiger partial charge in [0.25, 0.3) is 0 Å². The standard InChI is InChI=1S/C11H14NO3.HI/c1-11(2)7-5-6-12(3)9(14-4)8(7)10(13)15-11;/h5-6H,1-4H3;1H/q+1;/p-1. The zero-order valence-electron chi connectivity index (χ0n) is 9.70. The maximum Gasteiger partial charge on any atom is 0.382 e. The highest BCUT2D eigenvalue weighted by atomic mass is 127. The van der Waals surface area contributed by atoms with Crippen LogP contribution in [-0.2, 0) is 17.4 Å². The Labute approximate surface area is 112 Å². The molecule has 0 N–H and O–H groups in total. The Hall–Kier alpha value is -0.850. The lowest BCUT2D eigenvalue weighted by molar-refractivity contribution is -0.676. The van der Waals surface area contributed by atoms with E-state index in [9.17, 15) is 4.79 Å². The molecule has 1 aromatic rings. The molecule has 0 atom stereocenters. The van der Waals surface area contributed by atoms with Crippen molar-refractivity contribution in [3.05, 3.63) is 23.4 Å². The predicted molar refractivity (Wildman–Crippen MR) is 52.6 cm³/mol. The molecule has 0 saturated carbocycles. The summed E-state index contributed by atoms with van der Waals surface area (Å²) < 4.78 is 12.3. The summed E-state index contributed by atoms with van der Waals surface area (Å²) in [6.07, 6.45) is 1.86. The maximum absolute atomic E-state index is 11.7. The topological polar surface area (TPSA) is 39.4 Å². The van der Waals surface area contributed by atoms with Crippen LogP contribution in [0.1, 0.15) is 29.8 Å². The van der Waals surface area contributed by atoms with E-state index in [1.54, 1.807) is 11.7 Å². The average molecular weight is 335 g/mol. The van der Waals surface area contributed by atoms with Gasteiger partial charge < -0.3 is 33.5 Å². The number of halogens is 1. The first-order valence-corrected chi connectivity index (χ1v) is 4.78. The van der Waals surface area contributed by atoms with Crippen LogP contribution in [0.4, 0.5) is 0 Å². The number of esters is 1. The van der Waals surface area contributed by atoms with Crippen molar-refractivity contribution in [1.82, 2.24) is 0 Å². The maximum atomic E-state index is 11.7. The van der Waals surface area contributed by atoms with E-state index in [1.807, 2.05) is 33.2 Å². The molecule has 0 radical (unpaired) electrons. The lowest BCUT2D eigenvalue weighted by Gasteiger charge is -2.16. The van der Waals surface area contributed by atoms with Gasteiger partial charge in [0.1, 0.15) is 12.6 Å². The van der Waals surface area contributed by atoms with Gasteiger partial charge in [-0.25, -0.2) is 4.79 Å². The Morgan fingerprint density at radius 1 is 1.44 bits per heavy atom. The number of aromatic nitrogens is 1. The van der Waals surface area contributed by atoms with Crippen LogP contribution in [0.15, 0.2) is 12.3 Å². The Balaban J connectivity index is 0.00000128. The first-order valence-electron chi connectivity index (χ1n) is 4.78. The van der Waals surface area contributed by atoms with Gasteiger partial charge in [-0.05, 0) is 13.8 Å². The van der Waals surface area contributed by atoms with Crippen molar-refractivity contribution >= 4 is 5.97 Å². The second-order valence-electron chi connectivity index (χ2n) is 4.12. The SMILES string of the molecule is COc1c2c(cc[n+]1C)C(C)(C)OC2=O.[I-]. The van der Waals surface area contributed by atoms with Gasteiger partial charge in [0.2, 0.25) is 0 Å². The summed E-state index contributed by atoms with van der Waals surface area (Å²) in [6, 6.07) is 1.89. The number of rotatable bonds is 1. The van der Waals surface area contributed by atoms with E-state index in [-0.39, 0.29) is 29.9 Å². The zero-order chi connectivity index (χ0) is 11.2. The number of hydrogen-bond acceptors (Lipinski definition) is 3. The second kappa shape index (κ2) is 4.20. The number of methoxy groups -OCH3 is 1. The number of nitrogens with zero attached hydrogens (tertiary/aromatic N) is 1. The molecule has 0 bridgehead atoms. The average Bonchev–Trinajstić information content (AvgIpc) is 2.37. The molecule has 0 amide bonds. The van der Waals surface area contributed by atoms with Crippen molar-refractivity contribution in [2.24, 2.45) is 7.05 Å². The summed E-state index contributed by atoms with van der Waals surface area (Å²) in [5.74, 6) is 0.228. The normalized spacial score (nSPS) is 16.1. The number of pyridine rings is 1. The number of aryl methyl sites for hydroxylation is 1. The highest BCUT2D eigenvalue weighted by Crippen LogP contribution is 2.38. The molecule has 5 heteroatoms. The van der Waals surface area contributed by atoms with E-state index in [4.69, 9.17) is 9.47 Å². The number of hydrogen-bond donors (Lipinski definition) is 0. The van der Waals surface area contributed by atoms with Gasteiger partial charge in [0.15, 0.2) is 11.8 Å². The summed E-state index contributed by atoms with van der Waals surface area (Å²) in [5.41, 5.74) is 0.850. The highest BCUT2D eigenvalue weighted by Gasteiger charge is 2.43. The first kappa shape index (κ1) is 13.2. The van der Waals surface area contributed by atoms with E-state index in [1.165, 1.54) is 0 Å². The highest BCUT2D eigenvalue weighted by molar-refractivity contribution is 5.96. The lowest BCUT2D eigenvalue weighted by atomic mass is 9.97. The minimum atomic E-state index is -0.562. The molecule has 1 aliphatic heterocycles. The zero-order valence-corrected chi connectivity index (χ0v) is 11.9. The van der Waals surface area contributed by atoms with Crippen molar-refractivity contribution in [2.45, 2.75) is 19.4 Å². The van der Waals surface area contributed by atoms with Gasteiger partial charge in [0, 0.05) is 11.6 Å². The van der Waals surface area contributed by atoms with Crippen molar-refractivity contribution in [1.29, 1.82) is 0 Å². The van der Waals surface area contributed by atoms with E-state index < -0.39 is 5.60 Å². The molecule has 0 saturated heterocycles. The molecule has 0 fully saturated rings. The number of cyclic esters (lactones) is 1. The molecular weight excluding hydrogens is 321 g/mol. The van der Waals surface area contributed by atoms with E-state index in [0.717, 1.165) is 5.56 Å². The lowest BCUT2D eigenvalue weighted by Crippen LogP contribution is -3.00. The minimum absolute atomic E-state index is 0. The monoisotopic (exact) mass is 335 g/mol. The predicted octanol–water partition coefficient (Wildman–Crippen LogP) is -2.07. The molecule has 1 aromatic heterocycles.